The number of aliphatic hydroxyl groups excluding tert-OH is 1. The molecule has 1 atom stereocenters. The molecule has 0 amide bonds. The van der Waals surface area contributed by atoms with E-state index >= 15 is 0 Å². The van der Waals surface area contributed by atoms with Crippen molar-refractivity contribution in [2.24, 2.45) is 4.99 Å². The van der Waals surface area contributed by atoms with E-state index in [1.165, 1.54) is 32.1 Å². The van der Waals surface area contributed by atoms with E-state index in [9.17, 15) is 5.11 Å². The zero-order valence-corrected chi connectivity index (χ0v) is 18.5. The Hall–Kier alpha value is -1.83. The SMILES string of the molecule is CCNC(=NCC1(N2CCOCC2)CCCCC1)NCC(O)c1ccc(OC)cc1. The van der Waals surface area contributed by atoms with Gasteiger partial charge in [-0.2, -0.15) is 0 Å². The highest BCUT2D eigenvalue weighted by Gasteiger charge is 2.38. The topological polar surface area (TPSA) is 78.4 Å². The van der Waals surface area contributed by atoms with Gasteiger partial charge in [0.2, 0.25) is 0 Å². The first kappa shape index (κ1) is 22.8. The van der Waals surface area contributed by atoms with E-state index in [0.29, 0.717) is 6.54 Å². The van der Waals surface area contributed by atoms with Gasteiger partial charge >= 0.3 is 0 Å². The number of nitrogens with one attached hydrogen (secondary N) is 2. The molecule has 7 heteroatoms. The molecule has 30 heavy (non-hydrogen) atoms. The Bertz CT molecular complexity index is 653. The highest BCUT2D eigenvalue weighted by atomic mass is 16.5. The lowest BCUT2D eigenvalue weighted by molar-refractivity contribution is -0.0333. The lowest BCUT2D eigenvalue weighted by atomic mass is 9.80. The number of hydrogen-bond donors (Lipinski definition) is 3. The fraction of sp³-hybridized carbons (Fsp3) is 0.696. The fourth-order valence-electron chi connectivity index (χ4n) is 4.53. The Morgan fingerprint density at radius 2 is 1.87 bits per heavy atom. The van der Waals surface area contributed by atoms with Crippen molar-refractivity contribution in [3.8, 4) is 5.75 Å². The molecule has 168 valence electrons. The van der Waals surface area contributed by atoms with Crippen molar-refractivity contribution in [3.05, 3.63) is 29.8 Å². The minimum atomic E-state index is -0.609. The lowest BCUT2D eigenvalue weighted by Gasteiger charge is -2.47. The molecule has 1 saturated heterocycles. The molecule has 1 aliphatic heterocycles. The summed E-state index contributed by atoms with van der Waals surface area (Å²) in [5, 5.41) is 17.2. The number of morpholine rings is 1. The highest BCUT2D eigenvalue weighted by molar-refractivity contribution is 5.79. The standard InChI is InChI=1S/C23H38N4O3/c1-3-24-22(25-17-21(28)19-7-9-20(29-2)10-8-19)26-18-23(11-5-4-6-12-23)27-13-15-30-16-14-27/h7-10,21,28H,3-6,11-18H2,1-2H3,(H2,24,25,26). The number of guanidine groups is 1. The van der Waals surface area contributed by atoms with Gasteiger partial charge in [-0.3, -0.25) is 9.89 Å². The summed E-state index contributed by atoms with van der Waals surface area (Å²) in [4.78, 5) is 7.56. The second kappa shape index (κ2) is 11.5. The van der Waals surface area contributed by atoms with E-state index in [2.05, 4.69) is 22.5 Å². The molecule has 0 radical (unpaired) electrons. The molecular formula is C23H38N4O3. The van der Waals surface area contributed by atoms with Crippen LogP contribution in [-0.4, -0.2) is 74.6 Å². The largest absolute Gasteiger partial charge is 0.497 e. The van der Waals surface area contributed by atoms with Crippen LogP contribution < -0.4 is 15.4 Å². The van der Waals surface area contributed by atoms with Crippen molar-refractivity contribution in [1.29, 1.82) is 0 Å². The zero-order chi connectivity index (χ0) is 21.2. The van der Waals surface area contributed by atoms with Crippen molar-refractivity contribution in [2.75, 3.05) is 53.0 Å². The molecule has 3 rings (SSSR count). The van der Waals surface area contributed by atoms with Crippen LogP contribution in [-0.2, 0) is 4.74 Å². The van der Waals surface area contributed by atoms with Crippen molar-refractivity contribution >= 4 is 5.96 Å². The van der Waals surface area contributed by atoms with E-state index in [4.69, 9.17) is 14.5 Å². The van der Waals surface area contributed by atoms with Crippen LogP contribution in [0.3, 0.4) is 0 Å². The van der Waals surface area contributed by atoms with Crippen LogP contribution in [0.5, 0.6) is 5.75 Å². The number of aliphatic imine (C=N–C) groups is 1. The second-order valence-corrected chi connectivity index (χ2v) is 8.25. The summed E-state index contributed by atoms with van der Waals surface area (Å²) in [5.74, 6) is 1.55. The molecule has 0 bridgehead atoms. The van der Waals surface area contributed by atoms with Gasteiger partial charge in [0, 0.05) is 31.7 Å². The summed E-state index contributed by atoms with van der Waals surface area (Å²) in [6, 6.07) is 7.52. The summed E-state index contributed by atoms with van der Waals surface area (Å²) in [5.41, 5.74) is 0.995. The molecule has 1 heterocycles. The molecule has 1 saturated carbocycles. The highest BCUT2D eigenvalue weighted by Crippen LogP contribution is 2.34. The van der Waals surface area contributed by atoms with Gasteiger partial charge in [-0.15, -0.1) is 0 Å². The minimum absolute atomic E-state index is 0.138. The third-order valence-electron chi connectivity index (χ3n) is 6.31. The number of rotatable bonds is 8. The summed E-state index contributed by atoms with van der Waals surface area (Å²) >= 11 is 0. The quantitative estimate of drug-likeness (QED) is 0.444. The maximum atomic E-state index is 10.6. The van der Waals surface area contributed by atoms with Crippen molar-refractivity contribution in [2.45, 2.75) is 50.7 Å². The average Bonchev–Trinajstić information content (AvgIpc) is 2.82. The van der Waals surface area contributed by atoms with Gasteiger partial charge < -0.3 is 25.2 Å². The monoisotopic (exact) mass is 418 g/mol. The summed E-state index contributed by atoms with van der Waals surface area (Å²) in [6.45, 7) is 7.66. The molecule has 0 aromatic heterocycles. The van der Waals surface area contributed by atoms with Gasteiger partial charge in [0.15, 0.2) is 5.96 Å². The molecule has 1 aromatic carbocycles. The molecule has 2 aliphatic rings. The molecule has 1 unspecified atom stereocenters. The Balaban J connectivity index is 1.62. The van der Waals surface area contributed by atoms with Crippen LogP contribution in [0.2, 0.25) is 0 Å². The molecule has 3 N–H and O–H groups in total. The number of hydrogen-bond acceptors (Lipinski definition) is 5. The first-order valence-corrected chi connectivity index (χ1v) is 11.3. The molecular weight excluding hydrogens is 380 g/mol. The van der Waals surface area contributed by atoms with Gasteiger partial charge in [-0.05, 0) is 37.5 Å². The van der Waals surface area contributed by atoms with E-state index in [1.54, 1.807) is 7.11 Å². The van der Waals surface area contributed by atoms with E-state index < -0.39 is 6.10 Å². The van der Waals surface area contributed by atoms with Crippen LogP contribution in [0.25, 0.3) is 0 Å². The predicted octanol–water partition coefficient (Wildman–Crippen LogP) is 2.32. The van der Waals surface area contributed by atoms with Crippen LogP contribution >= 0.6 is 0 Å². The number of benzene rings is 1. The maximum Gasteiger partial charge on any atom is 0.191 e. The van der Waals surface area contributed by atoms with Crippen LogP contribution in [0.1, 0.15) is 50.7 Å². The lowest BCUT2D eigenvalue weighted by Crippen LogP contribution is -2.56. The average molecular weight is 419 g/mol. The van der Waals surface area contributed by atoms with Crippen LogP contribution in [0, 0.1) is 0 Å². The Labute approximate surface area is 180 Å². The zero-order valence-electron chi connectivity index (χ0n) is 18.5. The van der Waals surface area contributed by atoms with Crippen molar-refractivity contribution in [3.63, 3.8) is 0 Å². The first-order valence-electron chi connectivity index (χ1n) is 11.3. The van der Waals surface area contributed by atoms with Gasteiger partial charge in [0.25, 0.3) is 0 Å². The van der Waals surface area contributed by atoms with Gasteiger partial charge in [0.1, 0.15) is 5.75 Å². The normalized spacial score (nSPS) is 21.1. The number of aliphatic hydroxyl groups is 1. The van der Waals surface area contributed by atoms with Gasteiger partial charge in [-0.1, -0.05) is 31.4 Å². The second-order valence-electron chi connectivity index (χ2n) is 8.25. The fourth-order valence-corrected chi connectivity index (χ4v) is 4.53. The molecule has 1 aliphatic carbocycles. The molecule has 7 nitrogen and oxygen atoms in total. The number of nitrogens with zero attached hydrogens (tertiary/aromatic N) is 2. The summed E-state index contributed by atoms with van der Waals surface area (Å²) < 4.78 is 10.8. The van der Waals surface area contributed by atoms with Crippen molar-refractivity contribution in [1.82, 2.24) is 15.5 Å². The Morgan fingerprint density at radius 1 is 1.17 bits per heavy atom. The van der Waals surface area contributed by atoms with E-state index in [0.717, 1.165) is 56.7 Å². The summed E-state index contributed by atoms with van der Waals surface area (Å²) in [7, 11) is 1.64. The van der Waals surface area contributed by atoms with E-state index in [1.807, 2.05) is 24.3 Å². The summed E-state index contributed by atoms with van der Waals surface area (Å²) in [6.07, 6.45) is 5.65. The third kappa shape index (κ3) is 6.09. The Morgan fingerprint density at radius 3 is 2.50 bits per heavy atom. The number of methoxy groups -OCH3 is 1. The van der Waals surface area contributed by atoms with Crippen LogP contribution in [0.4, 0.5) is 0 Å². The molecule has 0 spiro atoms. The third-order valence-corrected chi connectivity index (χ3v) is 6.31. The van der Waals surface area contributed by atoms with Crippen molar-refractivity contribution < 1.29 is 14.6 Å². The Kier molecular flexibility index (Phi) is 8.78. The van der Waals surface area contributed by atoms with Gasteiger partial charge in [-0.25, -0.2) is 0 Å². The smallest absolute Gasteiger partial charge is 0.191 e. The van der Waals surface area contributed by atoms with Crippen LogP contribution in [0.15, 0.2) is 29.3 Å². The van der Waals surface area contributed by atoms with Gasteiger partial charge in [0.05, 0.1) is 33.0 Å². The minimum Gasteiger partial charge on any atom is -0.497 e. The number of ether oxygens (including phenoxy) is 2. The van der Waals surface area contributed by atoms with E-state index in [-0.39, 0.29) is 5.54 Å². The maximum absolute atomic E-state index is 10.6. The molecule has 1 aromatic rings. The predicted molar refractivity (Wildman–Crippen MR) is 120 cm³/mol. The first-order chi connectivity index (χ1) is 14.7. The molecule has 2 fully saturated rings.